The van der Waals surface area contributed by atoms with Crippen molar-refractivity contribution in [3.05, 3.63) is 35.9 Å². The van der Waals surface area contributed by atoms with Gasteiger partial charge in [0.25, 0.3) is 0 Å². The number of carbonyl (C=O) groups is 2. The lowest BCUT2D eigenvalue weighted by Crippen LogP contribution is -2.63. The minimum atomic E-state index is -1.16. The van der Waals surface area contributed by atoms with Crippen LogP contribution < -0.4 is 0 Å². The van der Waals surface area contributed by atoms with Crippen LogP contribution >= 0.6 is 0 Å². The number of esters is 1. The SMILES string of the molecule is CO[C@@H]1O[C@@H]2CO[C@H](c3ccccc3)O[C@@H]2[C@H](O)[C@H]1OC(=O)CCC(C)=O. The van der Waals surface area contributed by atoms with Gasteiger partial charge < -0.3 is 33.6 Å². The van der Waals surface area contributed by atoms with Crippen LogP contribution in [0.3, 0.4) is 0 Å². The van der Waals surface area contributed by atoms with Gasteiger partial charge in [0.15, 0.2) is 18.7 Å². The second-order valence-electron chi connectivity index (χ2n) is 6.60. The second-order valence-corrected chi connectivity index (χ2v) is 6.60. The van der Waals surface area contributed by atoms with E-state index in [0.29, 0.717) is 0 Å². The molecule has 2 saturated heterocycles. The number of Topliss-reactive ketones (excluding diaryl/α,β-unsaturated/α-hetero) is 1. The van der Waals surface area contributed by atoms with E-state index < -0.39 is 43.0 Å². The molecule has 0 radical (unpaired) electrons. The van der Waals surface area contributed by atoms with Crippen molar-refractivity contribution in [1.82, 2.24) is 0 Å². The number of ketones is 1. The first-order valence-corrected chi connectivity index (χ1v) is 8.87. The molecule has 0 saturated carbocycles. The molecule has 8 nitrogen and oxygen atoms in total. The summed E-state index contributed by atoms with van der Waals surface area (Å²) in [6, 6.07) is 9.33. The molecule has 1 aromatic carbocycles. The van der Waals surface area contributed by atoms with E-state index in [0.717, 1.165) is 5.56 Å². The molecule has 1 N–H and O–H groups in total. The molecule has 1 aromatic rings. The van der Waals surface area contributed by atoms with Gasteiger partial charge in [0.2, 0.25) is 0 Å². The Morgan fingerprint density at radius 3 is 2.59 bits per heavy atom. The molecule has 0 amide bonds. The zero-order valence-corrected chi connectivity index (χ0v) is 15.3. The molecule has 8 heteroatoms. The van der Waals surface area contributed by atoms with Crippen LogP contribution in [0.15, 0.2) is 30.3 Å². The standard InChI is InChI=1S/C19H24O8/c1-11(20)8-9-14(21)26-17-15(22)16-13(25-19(17)23-2)10-24-18(27-16)12-6-4-3-5-7-12/h3-7,13,15-19,22H,8-10H2,1-2H3/t13-,15+,16+,17-,18+,19-/m1/s1. The van der Waals surface area contributed by atoms with Gasteiger partial charge in [0.05, 0.1) is 13.0 Å². The maximum atomic E-state index is 12.0. The van der Waals surface area contributed by atoms with E-state index in [2.05, 4.69) is 0 Å². The van der Waals surface area contributed by atoms with E-state index in [-0.39, 0.29) is 25.2 Å². The third kappa shape index (κ3) is 4.72. The van der Waals surface area contributed by atoms with Gasteiger partial charge in [-0.1, -0.05) is 30.3 Å². The Bertz CT molecular complexity index is 648. The Labute approximate surface area is 157 Å². The summed E-state index contributed by atoms with van der Waals surface area (Å²) in [7, 11) is 1.39. The van der Waals surface area contributed by atoms with Crippen molar-refractivity contribution in [3.8, 4) is 0 Å². The first-order valence-electron chi connectivity index (χ1n) is 8.87. The van der Waals surface area contributed by atoms with Crippen LogP contribution in [0.1, 0.15) is 31.6 Å². The number of aliphatic hydroxyl groups excluding tert-OH is 1. The van der Waals surface area contributed by atoms with E-state index in [1.165, 1.54) is 14.0 Å². The molecule has 0 aliphatic carbocycles. The highest BCUT2D eigenvalue weighted by molar-refractivity contribution is 5.81. The highest BCUT2D eigenvalue weighted by Crippen LogP contribution is 2.35. The summed E-state index contributed by atoms with van der Waals surface area (Å²) in [6.45, 7) is 1.60. The molecule has 2 heterocycles. The van der Waals surface area contributed by atoms with E-state index >= 15 is 0 Å². The van der Waals surface area contributed by atoms with Gasteiger partial charge in [-0.2, -0.15) is 0 Å². The Kier molecular flexibility index (Phi) is 6.56. The largest absolute Gasteiger partial charge is 0.454 e. The van der Waals surface area contributed by atoms with Crippen molar-refractivity contribution >= 4 is 11.8 Å². The van der Waals surface area contributed by atoms with E-state index in [9.17, 15) is 14.7 Å². The van der Waals surface area contributed by atoms with E-state index in [1.807, 2.05) is 30.3 Å². The number of hydrogen-bond acceptors (Lipinski definition) is 8. The van der Waals surface area contributed by atoms with Gasteiger partial charge in [-0.15, -0.1) is 0 Å². The van der Waals surface area contributed by atoms with E-state index in [4.69, 9.17) is 23.7 Å². The zero-order valence-electron chi connectivity index (χ0n) is 15.3. The number of rotatable bonds is 6. The third-order valence-electron chi connectivity index (χ3n) is 4.56. The summed E-state index contributed by atoms with van der Waals surface area (Å²) in [5.41, 5.74) is 0.812. The molecule has 2 aliphatic rings. The predicted octanol–water partition coefficient (Wildman–Crippen LogP) is 1.11. The normalized spacial score (nSPS) is 33.1. The maximum absolute atomic E-state index is 12.0. The van der Waals surface area contributed by atoms with Crippen LogP contribution in [0.5, 0.6) is 0 Å². The molecule has 0 unspecified atom stereocenters. The topological polar surface area (TPSA) is 101 Å². The monoisotopic (exact) mass is 380 g/mol. The highest BCUT2D eigenvalue weighted by Gasteiger charge is 2.51. The molecule has 2 aliphatic heterocycles. The lowest BCUT2D eigenvalue weighted by molar-refractivity contribution is -0.358. The van der Waals surface area contributed by atoms with Crippen LogP contribution in [0.2, 0.25) is 0 Å². The summed E-state index contributed by atoms with van der Waals surface area (Å²) in [5.74, 6) is -0.723. The van der Waals surface area contributed by atoms with Gasteiger partial charge in [0, 0.05) is 19.1 Å². The van der Waals surface area contributed by atoms with Gasteiger partial charge in [-0.05, 0) is 6.92 Å². The summed E-state index contributed by atoms with van der Waals surface area (Å²) >= 11 is 0. The minimum absolute atomic E-state index is 0.0698. The predicted molar refractivity (Wildman–Crippen MR) is 91.5 cm³/mol. The van der Waals surface area contributed by atoms with Crippen molar-refractivity contribution in [2.24, 2.45) is 0 Å². The van der Waals surface area contributed by atoms with Crippen LogP contribution in [0.4, 0.5) is 0 Å². The molecule has 2 fully saturated rings. The van der Waals surface area contributed by atoms with Crippen molar-refractivity contribution in [3.63, 3.8) is 0 Å². The smallest absolute Gasteiger partial charge is 0.306 e. The third-order valence-corrected chi connectivity index (χ3v) is 4.56. The first-order chi connectivity index (χ1) is 13.0. The number of methoxy groups -OCH3 is 1. The van der Waals surface area contributed by atoms with Gasteiger partial charge in [-0.25, -0.2) is 0 Å². The molecule has 0 spiro atoms. The number of fused-ring (bicyclic) bond motifs is 1. The summed E-state index contributed by atoms with van der Waals surface area (Å²) in [5, 5.41) is 10.8. The van der Waals surface area contributed by atoms with Gasteiger partial charge in [0.1, 0.15) is 24.1 Å². The number of ether oxygens (including phenoxy) is 5. The van der Waals surface area contributed by atoms with Crippen molar-refractivity contribution < 1.29 is 38.4 Å². The van der Waals surface area contributed by atoms with Crippen LogP contribution in [0, 0.1) is 0 Å². The average molecular weight is 380 g/mol. The molecule has 3 rings (SSSR count). The average Bonchev–Trinajstić information content (AvgIpc) is 2.68. The summed E-state index contributed by atoms with van der Waals surface area (Å²) in [6.07, 6.45) is -5.14. The Hall–Kier alpha value is -1.84. The quantitative estimate of drug-likeness (QED) is 0.733. The van der Waals surface area contributed by atoms with Crippen LogP contribution in [-0.4, -0.2) is 61.3 Å². The minimum Gasteiger partial charge on any atom is -0.454 e. The first kappa shape index (κ1) is 19.9. The fourth-order valence-corrected chi connectivity index (χ4v) is 3.15. The molecular weight excluding hydrogens is 356 g/mol. The summed E-state index contributed by atoms with van der Waals surface area (Å²) in [4.78, 5) is 23.0. The van der Waals surface area contributed by atoms with Gasteiger partial charge >= 0.3 is 5.97 Å². The molecule has 0 aromatic heterocycles. The van der Waals surface area contributed by atoms with Gasteiger partial charge in [-0.3, -0.25) is 4.79 Å². The molecular formula is C19H24O8. The highest BCUT2D eigenvalue weighted by atomic mass is 16.8. The number of hydrogen-bond donors (Lipinski definition) is 1. The summed E-state index contributed by atoms with van der Waals surface area (Å²) < 4.78 is 27.9. The molecule has 6 atom stereocenters. The lowest BCUT2D eigenvalue weighted by Gasteiger charge is -2.46. The van der Waals surface area contributed by atoms with Crippen molar-refractivity contribution in [2.75, 3.05) is 13.7 Å². The fraction of sp³-hybridized carbons (Fsp3) is 0.579. The Balaban J connectivity index is 1.69. The second kappa shape index (κ2) is 8.90. The Morgan fingerprint density at radius 1 is 1.19 bits per heavy atom. The molecule has 0 bridgehead atoms. The number of carbonyl (C=O) groups excluding carboxylic acids is 2. The van der Waals surface area contributed by atoms with Crippen molar-refractivity contribution in [1.29, 1.82) is 0 Å². The number of benzene rings is 1. The Morgan fingerprint density at radius 2 is 1.93 bits per heavy atom. The molecule has 27 heavy (non-hydrogen) atoms. The number of aliphatic hydroxyl groups is 1. The lowest BCUT2D eigenvalue weighted by atomic mass is 9.97. The van der Waals surface area contributed by atoms with Crippen molar-refractivity contribution in [2.45, 2.75) is 56.8 Å². The van der Waals surface area contributed by atoms with Crippen LogP contribution in [0.25, 0.3) is 0 Å². The fourth-order valence-electron chi connectivity index (χ4n) is 3.15. The van der Waals surface area contributed by atoms with E-state index in [1.54, 1.807) is 0 Å². The molecule has 148 valence electrons. The van der Waals surface area contributed by atoms with Crippen LogP contribution in [-0.2, 0) is 33.3 Å². The maximum Gasteiger partial charge on any atom is 0.306 e. The zero-order chi connectivity index (χ0) is 19.4.